The van der Waals surface area contributed by atoms with Crippen molar-refractivity contribution >= 4 is 38.7 Å². The van der Waals surface area contributed by atoms with E-state index in [0.29, 0.717) is 0 Å². The minimum Gasteiger partial charge on any atom is -0.476 e. The van der Waals surface area contributed by atoms with E-state index < -0.39 is 27.7 Å². The number of nitrogens with one attached hydrogen (secondary N) is 1. The summed E-state index contributed by atoms with van der Waals surface area (Å²) in [6.07, 6.45) is 0. The molecule has 9 heteroatoms. The summed E-state index contributed by atoms with van der Waals surface area (Å²) in [7, 11) is -3.92. The van der Waals surface area contributed by atoms with E-state index in [-0.39, 0.29) is 4.21 Å². The van der Waals surface area contributed by atoms with Crippen LogP contribution >= 0.6 is 22.7 Å². The van der Waals surface area contributed by atoms with Gasteiger partial charge in [0.15, 0.2) is 9.90 Å². The number of carboxylic acids is 1. The molecule has 0 fully saturated rings. The molecule has 0 bridgehead atoms. The topological polar surface area (TPSA) is 96.4 Å². The van der Waals surface area contributed by atoms with Crippen LogP contribution in [0.3, 0.4) is 0 Å². The number of rotatable bonds is 5. The van der Waals surface area contributed by atoms with Crippen molar-refractivity contribution in [2.45, 2.75) is 31.0 Å². The van der Waals surface area contributed by atoms with E-state index in [0.717, 1.165) is 26.7 Å². The van der Waals surface area contributed by atoms with Crippen LogP contribution in [0.1, 0.15) is 38.8 Å². The lowest BCUT2D eigenvalue weighted by Gasteiger charge is -2.13. The van der Waals surface area contributed by atoms with Crippen molar-refractivity contribution in [1.82, 2.24) is 9.71 Å². The molecule has 6 nitrogen and oxygen atoms in total. The minimum absolute atomic E-state index is 0.272. The van der Waals surface area contributed by atoms with E-state index in [1.54, 1.807) is 18.3 Å². The zero-order valence-corrected chi connectivity index (χ0v) is 14.0. The Labute approximate surface area is 130 Å². The molecule has 0 spiro atoms. The number of thiophene rings is 1. The van der Waals surface area contributed by atoms with Crippen LogP contribution in [0.25, 0.3) is 0 Å². The Hall–Kier alpha value is -1.29. The van der Waals surface area contributed by atoms with Crippen molar-refractivity contribution in [2.75, 3.05) is 0 Å². The van der Waals surface area contributed by atoms with Gasteiger partial charge in [0.25, 0.3) is 10.0 Å². The monoisotopic (exact) mass is 346 g/mol. The number of carboxylic acid groups (broad SMARTS) is 1. The highest BCUT2D eigenvalue weighted by Crippen LogP contribution is 2.28. The Kier molecular flexibility index (Phi) is 4.47. The molecular formula is C12H14N2O4S3. The average molecular weight is 346 g/mol. The van der Waals surface area contributed by atoms with E-state index in [4.69, 9.17) is 5.11 Å². The second-order valence-corrected chi connectivity index (χ2v) is 8.73. The Bertz CT molecular complexity index is 776. The predicted octanol–water partition coefficient (Wildman–Crippen LogP) is 2.56. The highest BCUT2D eigenvalue weighted by molar-refractivity contribution is 7.91. The SMILES string of the molecule is Cc1cc(C(C)NS(=O)(=O)c2scnc2C(=O)O)c(C)s1. The van der Waals surface area contributed by atoms with E-state index in [2.05, 4.69) is 9.71 Å². The molecule has 1 unspecified atom stereocenters. The molecule has 0 amide bonds. The third-order valence-corrected chi connectivity index (χ3v) is 6.75. The third-order valence-electron chi connectivity index (χ3n) is 2.86. The molecule has 114 valence electrons. The van der Waals surface area contributed by atoms with Crippen LogP contribution in [0.5, 0.6) is 0 Å². The summed E-state index contributed by atoms with van der Waals surface area (Å²) < 4.78 is 26.9. The minimum atomic E-state index is -3.92. The lowest BCUT2D eigenvalue weighted by atomic mass is 10.1. The largest absolute Gasteiger partial charge is 0.476 e. The van der Waals surface area contributed by atoms with Gasteiger partial charge in [0, 0.05) is 15.8 Å². The molecule has 2 heterocycles. The number of nitrogens with zero attached hydrogens (tertiary/aromatic N) is 1. The summed E-state index contributed by atoms with van der Waals surface area (Å²) in [6, 6.07) is 1.49. The second kappa shape index (κ2) is 5.84. The smallest absolute Gasteiger partial charge is 0.356 e. The Morgan fingerprint density at radius 1 is 1.43 bits per heavy atom. The van der Waals surface area contributed by atoms with Gasteiger partial charge < -0.3 is 5.11 Å². The maximum Gasteiger partial charge on any atom is 0.356 e. The molecule has 2 aromatic rings. The fourth-order valence-electron chi connectivity index (χ4n) is 2.00. The average Bonchev–Trinajstić information content (AvgIpc) is 2.95. The first-order valence-electron chi connectivity index (χ1n) is 5.98. The van der Waals surface area contributed by atoms with Gasteiger partial charge in [-0.15, -0.1) is 22.7 Å². The molecule has 2 N–H and O–H groups in total. The van der Waals surface area contributed by atoms with Crippen molar-refractivity contribution in [2.24, 2.45) is 0 Å². The summed E-state index contributed by atoms with van der Waals surface area (Å²) in [5.74, 6) is -1.35. The maximum atomic E-state index is 12.3. The molecule has 2 aromatic heterocycles. The summed E-state index contributed by atoms with van der Waals surface area (Å²) >= 11 is 2.38. The van der Waals surface area contributed by atoms with Crippen LogP contribution in [0.4, 0.5) is 0 Å². The van der Waals surface area contributed by atoms with Crippen molar-refractivity contribution in [3.63, 3.8) is 0 Å². The Balaban J connectivity index is 2.31. The van der Waals surface area contributed by atoms with Crippen LogP contribution in [0, 0.1) is 13.8 Å². The number of aromatic nitrogens is 1. The summed E-state index contributed by atoms with van der Waals surface area (Å²) in [5, 5.41) is 8.97. The van der Waals surface area contributed by atoms with Gasteiger partial charge in [-0.3, -0.25) is 0 Å². The second-order valence-electron chi connectivity index (χ2n) is 4.51. The Morgan fingerprint density at radius 2 is 2.10 bits per heavy atom. The molecule has 1 atom stereocenters. The fraction of sp³-hybridized carbons (Fsp3) is 0.333. The molecule has 0 aliphatic heterocycles. The standard InChI is InChI=1S/C12H14N2O4S3/c1-6-4-9(8(3)20-6)7(2)14-21(17,18)12-10(11(15)16)13-5-19-12/h4-5,7,14H,1-3H3,(H,15,16). The number of thiazole rings is 1. The number of sulfonamides is 1. The van der Waals surface area contributed by atoms with Gasteiger partial charge in [-0.25, -0.2) is 22.9 Å². The van der Waals surface area contributed by atoms with Crippen molar-refractivity contribution in [3.8, 4) is 0 Å². The van der Waals surface area contributed by atoms with Gasteiger partial charge in [0.2, 0.25) is 0 Å². The highest BCUT2D eigenvalue weighted by Gasteiger charge is 2.28. The fourth-order valence-corrected chi connectivity index (χ4v) is 5.40. The third kappa shape index (κ3) is 3.31. The van der Waals surface area contributed by atoms with Crippen molar-refractivity contribution in [3.05, 3.63) is 32.6 Å². The first-order valence-corrected chi connectivity index (χ1v) is 9.16. The van der Waals surface area contributed by atoms with E-state index in [1.165, 1.54) is 5.51 Å². The zero-order valence-electron chi connectivity index (χ0n) is 11.6. The zero-order chi connectivity index (χ0) is 15.8. The molecule has 0 saturated carbocycles. The van der Waals surface area contributed by atoms with Crippen LogP contribution in [0.2, 0.25) is 0 Å². The maximum absolute atomic E-state index is 12.3. The van der Waals surface area contributed by atoms with E-state index in [9.17, 15) is 13.2 Å². The molecule has 0 aliphatic rings. The van der Waals surface area contributed by atoms with E-state index >= 15 is 0 Å². The quantitative estimate of drug-likeness (QED) is 0.867. The molecule has 0 aliphatic carbocycles. The lowest BCUT2D eigenvalue weighted by Crippen LogP contribution is -2.27. The number of aromatic carboxylic acids is 1. The first-order chi connectivity index (χ1) is 9.72. The normalized spacial score (nSPS) is 13.3. The summed E-state index contributed by atoms with van der Waals surface area (Å²) in [6.45, 7) is 5.61. The predicted molar refractivity (Wildman–Crippen MR) is 81.6 cm³/mol. The first kappa shape index (κ1) is 16.1. The number of hydrogen-bond donors (Lipinski definition) is 2. The van der Waals surface area contributed by atoms with Crippen LogP contribution in [0.15, 0.2) is 15.8 Å². The van der Waals surface area contributed by atoms with Crippen LogP contribution in [-0.2, 0) is 10.0 Å². The molecule has 2 rings (SSSR count). The van der Waals surface area contributed by atoms with Crippen LogP contribution < -0.4 is 4.72 Å². The van der Waals surface area contributed by atoms with Gasteiger partial charge in [0.1, 0.15) is 0 Å². The van der Waals surface area contributed by atoms with Gasteiger partial charge in [-0.05, 0) is 32.4 Å². The molecule has 0 aromatic carbocycles. The van der Waals surface area contributed by atoms with E-state index in [1.807, 2.05) is 19.9 Å². The van der Waals surface area contributed by atoms with Crippen molar-refractivity contribution in [1.29, 1.82) is 0 Å². The van der Waals surface area contributed by atoms with Gasteiger partial charge >= 0.3 is 5.97 Å². The number of hydrogen-bond acceptors (Lipinski definition) is 6. The van der Waals surface area contributed by atoms with Crippen molar-refractivity contribution < 1.29 is 18.3 Å². The summed E-state index contributed by atoms with van der Waals surface area (Å²) in [5.41, 5.74) is 1.66. The van der Waals surface area contributed by atoms with Gasteiger partial charge in [-0.1, -0.05) is 0 Å². The number of aryl methyl sites for hydroxylation is 2. The molecule has 0 saturated heterocycles. The summed E-state index contributed by atoms with van der Waals surface area (Å²) in [4.78, 5) is 16.7. The highest BCUT2D eigenvalue weighted by atomic mass is 32.2. The molecule has 21 heavy (non-hydrogen) atoms. The number of carbonyl (C=O) groups is 1. The van der Waals surface area contributed by atoms with Gasteiger partial charge in [-0.2, -0.15) is 0 Å². The Morgan fingerprint density at radius 3 is 2.62 bits per heavy atom. The van der Waals surface area contributed by atoms with Gasteiger partial charge in [0.05, 0.1) is 5.51 Å². The molecular weight excluding hydrogens is 332 g/mol. The molecule has 0 radical (unpaired) electrons. The lowest BCUT2D eigenvalue weighted by molar-refractivity contribution is 0.0687. The van der Waals surface area contributed by atoms with Crippen LogP contribution in [-0.4, -0.2) is 24.5 Å².